The Morgan fingerprint density at radius 1 is 1.15 bits per heavy atom. The van der Waals surface area contributed by atoms with Crippen LogP contribution in [0.1, 0.15) is 26.3 Å². The number of hydrogen-bond donors (Lipinski definition) is 2. The van der Waals surface area contributed by atoms with Gasteiger partial charge in [0.25, 0.3) is 11.8 Å². The molecule has 0 bridgehead atoms. The van der Waals surface area contributed by atoms with Crippen molar-refractivity contribution in [2.75, 3.05) is 12.4 Å². The quantitative estimate of drug-likeness (QED) is 0.606. The molecule has 3 rings (SSSR count). The zero-order valence-corrected chi connectivity index (χ0v) is 15.8. The van der Waals surface area contributed by atoms with Gasteiger partial charge in [0, 0.05) is 12.6 Å². The second-order valence-electron chi connectivity index (χ2n) is 5.67. The minimum absolute atomic E-state index is 0.0177. The summed E-state index contributed by atoms with van der Waals surface area (Å²) in [5.74, 6) is -1.69. The molecule has 0 spiro atoms. The van der Waals surface area contributed by atoms with Crippen LogP contribution in [0, 0.1) is 0 Å². The summed E-state index contributed by atoms with van der Waals surface area (Å²) in [6.45, 7) is 0. The van der Waals surface area contributed by atoms with Crippen LogP contribution in [-0.4, -0.2) is 39.2 Å². The number of amides is 2. The van der Waals surface area contributed by atoms with Crippen LogP contribution < -0.4 is 5.32 Å². The van der Waals surface area contributed by atoms with Crippen LogP contribution >= 0.6 is 24.0 Å². The number of para-hydroxylation sites is 1. The number of carboxylic acids is 1. The zero-order valence-electron chi connectivity index (χ0n) is 14.1. The number of thioether (sulfide) groups is 1. The number of carbonyl (C=O) groups excluding carboxylic acids is 2. The molecule has 27 heavy (non-hydrogen) atoms. The first-order valence-corrected chi connectivity index (χ1v) is 9.04. The largest absolute Gasteiger partial charge is 0.478 e. The summed E-state index contributed by atoms with van der Waals surface area (Å²) in [5.41, 5.74) is 1.37. The van der Waals surface area contributed by atoms with E-state index in [0.29, 0.717) is 14.8 Å². The molecule has 1 saturated heterocycles. The average molecular weight is 398 g/mol. The van der Waals surface area contributed by atoms with Crippen LogP contribution in [0.3, 0.4) is 0 Å². The monoisotopic (exact) mass is 398 g/mol. The van der Waals surface area contributed by atoms with Crippen LogP contribution in [0.2, 0.25) is 0 Å². The van der Waals surface area contributed by atoms with Crippen LogP contribution in [0.4, 0.5) is 5.69 Å². The van der Waals surface area contributed by atoms with E-state index in [-0.39, 0.29) is 17.2 Å². The van der Waals surface area contributed by atoms with E-state index in [2.05, 4.69) is 5.32 Å². The Morgan fingerprint density at radius 3 is 2.41 bits per heavy atom. The topological polar surface area (TPSA) is 86.7 Å². The van der Waals surface area contributed by atoms with Crippen molar-refractivity contribution in [3.63, 3.8) is 0 Å². The van der Waals surface area contributed by atoms with Gasteiger partial charge in [-0.3, -0.25) is 14.5 Å². The number of nitrogens with zero attached hydrogens (tertiary/aromatic N) is 1. The van der Waals surface area contributed by atoms with E-state index in [1.165, 1.54) is 28.8 Å². The lowest BCUT2D eigenvalue weighted by atomic mass is 10.1. The fourth-order valence-corrected chi connectivity index (χ4v) is 3.58. The van der Waals surface area contributed by atoms with E-state index >= 15 is 0 Å². The first-order valence-electron chi connectivity index (χ1n) is 7.82. The molecule has 136 valence electrons. The van der Waals surface area contributed by atoms with Crippen molar-refractivity contribution in [2.45, 2.75) is 0 Å². The third-order valence-corrected chi connectivity index (χ3v) is 5.35. The Morgan fingerprint density at radius 2 is 1.81 bits per heavy atom. The van der Waals surface area contributed by atoms with Crippen molar-refractivity contribution in [3.05, 3.63) is 70.1 Å². The summed E-state index contributed by atoms with van der Waals surface area (Å²) in [7, 11) is 1.63. The summed E-state index contributed by atoms with van der Waals surface area (Å²) in [5, 5.41) is 11.8. The van der Waals surface area contributed by atoms with Crippen molar-refractivity contribution >= 4 is 57.8 Å². The second-order valence-corrected chi connectivity index (χ2v) is 7.34. The number of rotatable bonds is 4. The molecular weight excluding hydrogens is 384 g/mol. The molecule has 2 N–H and O–H groups in total. The maximum absolute atomic E-state index is 12.4. The Bertz CT molecular complexity index is 983. The minimum atomic E-state index is -1.12. The lowest BCUT2D eigenvalue weighted by Gasteiger charge is -2.08. The highest BCUT2D eigenvalue weighted by molar-refractivity contribution is 8.26. The third-order valence-electron chi connectivity index (χ3n) is 3.86. The van der Waals surface area contributed by atoms with Gasteiger partial charge in [-0.05, 0) is 35.9 Å². The lowest BCUT2D eigenvalue weighted by molar-refractivity contribution is -0.121. The highest BCUT2D eigenvalue weighted by Crippen LogP contribution is 2.31. The molecule has 2 aromatic carbocycles. The number of carbonyl (C=O) groups is 3. The lowest BCUT2D eigenvalue weighted by Crippen LogP contribution is -2.22. The summed E-state index contributed by atoms with van der Waals surface area (Å²) in [4.78, 5) is 37.6. The van der Waals surface area contributed by atoms with Gasteiger partial charge in [-0.2, -0.15) is 0 Å². The van der Waals surface area contributed by atoms with E-state index < -0.39 is 11.9 Å². The Kier molecular flexibility index (Phi) is 5.38. The smallest absolute Gasteiger partial charge is 0.337 e. The van der Waals surface area contributed by atoms with Crippen molar-refractivity contribution in [3.8, 4) is 0 Å². The maximum Gasteiger partial charge on any atom is 0.337 e. The molecule has 1 aliphatic rings. The van der Waals surface area contributed by atoms with Gasteiger partial charge in [-0.1, -0.05) is 48.2 Å². The SMILES string of the molecule is CN1C(=O)/C(=C\c2ccc(C(=O)Nc3ccccc3C(=O)O)cc2)SC1=S. The van der Waals surface area contributed by atoms with Crippen molar-refractivity contribution in [1.29, 1.82) is 0 Å². The molecular formula is C19H14N2O4S2. The average Bonchev–Trinajstić information content (AvgIpc) is 2.89. The molecule has 2 aromatic rings. The zero-order chi connectivity index (χ0) is 19.6. The number of hydrogen-bond acceptors (Lipinski definition) is 5. The molecule has 0 aliphatic carbocycles. The van der Waals surface area contributed by atoms with Crippen molar-refractivity contribution < 1.29 is 19.5 Å². The van der Waals surface area contributed by atoms with Crippen LogP contribution in [0.15, 0.2) is 53.4 Å². The molecule has 2 amide bonds. The van der Waals surface area contributed by atoms with E-state index in [9.17, 15) is 19.5 Å². The van der Waals surface area contributed by atoms with Gasteiger partial charge in [-0.25, -0.2) is 4.79 Å². The Hall–Kier alpha value is -2.97. The Balaban J connectivity index is 1.76. The maximum atomic E-state index is 12.4. The molecule has 1 heterocycles. The predicted molar refractivity (Wildman–Crippen MR) is 109 cm³/mol. The molecule has 0 unspecified atom stereocenters. The normalized spacial score (nSPS) is 15.3. The number of anilines is 1. The summed E-state index contributed by atoms with van der Waals surface area (Å²) in [6.07, 6.45) is 1.71. The van der Waals surface area contributed by atoms with E-state index in [1.807, 2.05) is 0 Å². The molecule has 0 aromatic heterocycles. The van der Waals surface area contributed by atoms with Gasteiger partial charge in [0.2, 0.25) is 0 Å². The fraction of sp³-hybridized carbons (Fsp3) is 0.0526. The van der Waals surface area contributed by atoms with Gasteiger partial charge >= 0.3 is 5.97 Å². The minimum Gasteiger partial charge on any atom is -0.478 e. The number of aromatic carboxylic acids is 1. The number of benzene rings is 2. The first kappa shape index (κ1) is 18.8. The van der Waals surface area contributed by atoms with Gasteiger partial charge < -0.3 is 10.4 Å². The third kappa shape index (κ3) is 4.07. The van der Waals surface area contributed by atoms with E-state index in [4.69, 9.17) is 12.2 Å². The number of carboxylic acid groups (broad SMARTS) is 1. The van der Waals surface area contributed by atoms with Gasteiger partial charge in [0.05, 0.1) is 16.2 Å². The fourth-order valence-electron chi connectivity index (χ4n) is 2.40. The van der Waals surface area contributed by atoms with Crippen LogP contribution in [-0.2, 0) is 4.79 Å². The predicted octanol–water partition coefficient (Wildman–Crippen LogP) is 3.47. The van der Waals surface area contributed by atoms with Gasteiger partial charge in [-0.15, -0.1) is 0 Å². The summed E-state index contributed by atoms with van der Waals surface area (Å²) >= 11 is 6.32. The number of nitrogens with one attached hydrogen (secondary N) is 1. The van der Waals surface area contributed by atoms with Crippen LogP contribution in [0.5, 0.6) is 0 Å². The van der Waals surface area contributed by atoms with Crippen LogP contribution in [0.25, 0.3) is 6.08 Å². The van der Waals surface area contributed by atoms with Crippen molar-refractivity contribution in [1.82, 2.24) is 4.90 Å². The van der Waals surface area contributed by atoms with Gasteiger partial charge in [0.1, 0.15) is 4.32 Å². The molecule has 6 nitrogen and oxygen atoms in total. The second kappa shape index (κ2) is 7.73. The molecule has 0 atom stereocenters. The van der Waals surface area contributed by atoms with E-state index in [0.717, 1.165) is 5.56 Å². The molecule has 8 heteroatoms. The Labute approximate surface area is 164 Å². The summed E-state index contributed by atoms with van der Waals surface area (Å²) < 4.78 is 0.499. The summed E-state index contributed by atoms with van der Waals surface area (Å²) in [6, 6.07) is 12.8. The van der Waals surface area contributed by atoms with E-state index in [1.54, 1.807) is 49.5 Å². The van der Waals surface area contributed by atoms with Crippen molar-refractivity contribution in [2.24, 2.45) is 0 Å². The number of likely N-dealkylation sites (N-methyl/N-ethyl adjacent to an activating group) is 1. The molecule has 1 aliphatic heterocycles. The van der Waals surface area contributed by atoms with Gasteiger partial charge in [0.15, 0.2) is 0 Å². The standard InChI is InChI=1S/C19H14N2O4S2/c1-21-17(23)15(27-19(21)26)10-11-6-8-12(9-7-11)16(22)20-14-5-3-2-4-13(14)18(24)25/h2-10H,1H3,(H,20,22)(H,24,25)/b15-10+. The molecule has 0 radical (unpaired) electrons. The highest BCUT2D eigenvalue weighted by atomic mass is 32.2. The molecule has 1 fully saturated rings. The molecule has 0 saturated carbocycles. The highest BCUT2D eigenvalue weighted by Gasteiger charge is 2.28. The number of thiocarbonyl (C=S) groups is 1. The first-order chi connectivity index (χ1) is 12.9.